The fraction of sp³-hybridized carbons (Fsp3) is 0. The average Bonchev–Trinajstić information content (AvgIpc) is 3.30. The number of hydrogen-bond donors (Lipinski definition) is 0. The molecule has 0 amide bonds. The lowest BCUT2D eigenvalue weighted by molar-refractivity contribution is 1.29. The number of fused-ring (bicyclic) bond motifs is 2. The molecule has 1 heteroatoms. The molecule has 0 saturated carbocycles. The van der Waals surface area contributed by atoms with Gasteiger partial charge >= 0.3 is 0 Å². The predicted molar refractivity (Wildman–Crippen MR) is 243 cm³/mol. The summed E-state index contributed by atoms with van der Waals surface area (Å²) in [4.78, 5) is 2.45. The molecule has 0 unspecified atom stereocenters. The first-order valence-corrected chi connectivity index (χ1v) is 19.6. The van der Waals surface area contributed by atoms with E-state index in [2.05, 4.69) is 241 Å². The van der Waals surface area contributed by atoms with E-state index >= 15 is 0 Å². The SMILES string of the molecule is c1ccc(-c2ccc(-c3cccc(N(c4cccc(-c5ccc(-c6ccccc6)cc5)c4)c4ccc5ccccc5c4-c4cccc5ccccc45)c3)cc2)cc1. The van der Waals surface area contributed by atoms with E-state index in [1.54, 1.807) is 0 Å². The molecule has 268 valence electrons. The zero-order valence-corrected chi connectivity index (χ0v) is 31.5. The molecule has 10 aromatic rings. The molecule has 0 aliphatic rings. The summed E-state index contributed by atoms with van der Waals surface area (Å²) in [5.74, 6) is 0. The Balaban J connectivity index is 1.16. The molecule has 0 fully saturated rings. The minimum atomic E-state index is 1.09. The summed E-state index contributed by atoms with van der Waals surface area (Å²) in [5, 5.41) is 4.89. The van der Waals surface area contributed by atoms with Crippen LogP contribution in [0, 0.1) is 0 Å². The minimum absolute atomic E-state index is 1.09. The molecule has 0 N–H and O–H groups in total. The van der Waals surface area contributed by atoms with Gasteiger partial charge in [0.2, 0.25) is 0 Å². The maximum Gasteiger partial charge on any atom is 0.0546 e. The van der Waals surface area contributed by atoms with Crippen molar-refractivity contribution < 1.29 is 0 Å². The molecule has 10 rings (SSSR count). The highest BCUT2D eigenvalue weighted by Gasteiger charge is 2.22. The molecule has 57 heavy (non-hydrogen) atoms. The Labute approximate surface area is 334 Å². The molecular formula is C56H39N. The molecule has 0 aliphatic heterocycles. The van der Waals surface area contributed by atoms with Crippen LogP contribution in [0.5, 0.6) is 0 Å². The zero-order chi connectivity index (χ0) is 38.0. The second-order valence-electron chi connectivity index (χ2n) is 14.5. The Morgan fingerprint density at radius 3 is 1.18 bits per heavy atom. The third-order valence-corrected chi connectivity index (χ3v) is 11.1. The standard InChI is InChI=1S/C56H39N/c1-3-14-40(15-4-1)42-28-32-44(33-29-42)48-21-11-23-50(38-48)57(51-24-12-22-49(39-51)45-34-30-43(31-35-45)41-16-5-2-6-17-41)55-37-36-47-19-8-10-26-53(47)56(55)54-27-13-20-46-18-7-9-25-52(46)54/h1-39H. The molecule has 0 atom stereocenters. The maximum atomic E-state index is 2.45. The zero-order valence-electron chi connectivity index (χ0n) is 31.5. The Morgan fingerprint density at radius 1 is 0.246 bits per heavy atom. The van der Waals surface area contributed by atoms with Crippen molar-refractivity contribution in [3.8, 4) is 55.6 Å². The monoisotopic (exact) mass is 725 g/mol. The highest BCUT2D eigenvalue weighted by atomic mass is 15.1. The van der Waals surface area contributed by atoms with Crippen molar-refractivity contribution >= 4 is 38.6 Å². The van der Waals surface area contributed by atoms with Gasteiger partial charge in [-0.15, -0.1) is 0 Å². The van der Waals surface area contributed by atoms with E-state index in [9.17, 15) is 0 Å². The van der Waals surface area contributed by atoms with E-state index in [-0.39, 0.29) is 0 Å². The lowest BCUT2D eigenvalue weighted by Crippen LogP contribution is -2.12. The van der Waals surface area contributed by atoms with Gasteiger partial charge in [0.1, 0.15) is 0 Å². The summed E-state index contributed by atoms with van der Waals surface area (Å²) in [7, 11) is 0. The normalized spacial score (nSPS) is 11.2. The quantitative estimate of drug-likeness (QED) is 0.151. The van der Waals surface area contributed by atoms with Crippen LogP contribution in [0.25, 0.3) is 77.2 Å². The van der Waals surface area contributed by atoms with Gasteiger partial charge in [-0.1, -0.05) is 206 Å². The molecule has 0 radical (unpaired) electrons. The van der Waals surface area contributed by atoms with Crippen molar-refractivity contribution in [3.63, 3.8) is 0 Å². The lowest BCUT2D eigenvalue weighted by atomic mass is 9.91. The third kappa shape index (κ3) is 6.66. The number of nitrogens with zero attached hydrogens (tertiary/aromatic N) is 1. The number of rotatable bonds is 8. The van der Waals surface area contributed by atoms with Crippen molar-refractivity contribution in [2.45, 2.75) is 0 Å². The summed E-state index contributed by atoms with van der Waals surface area (Å²) in [6.07, 6.45) is 0. The molecule has 0 heterocycles. The molecule has 0 aromatic heterocycles. The fourth-order valence-corrected chi connectivity index (χ4v) is 8.22. The Bertz CT molecular complexity index is 2850. The van der Waals surface area contributed by atoms with Gasteiger partial charge in [-0.3, -0.25) is 0 Å². The van der Waals surface area contributed by atoms with E-state index in [4.69, 9.17) is 0 Å². The predicted octanol–water partition coefficient (Wildman–Crippen LogP) is 15.8. The first-order valence-electron chi connectivity index (χ1n) is 19.6. The summed E-state index contributed by atoms with van der Waals surface area (Å²) < 4.78 is 0. The second-order valence-corrected chi connectivity index (χ2v) is 14.5. The number of anilines is 3. The maximum absolute atomic E-state index is 2.45. The van der Waals surface area contributed by atoms with Crippen molar-refractivity contribution in [1.29, 1.82) is 0 Å². The van der Waals surface area contributed by atoms with E-state index < -0.39 is 0 Å². The smallest absolute Gasteiger partial charge is 0.0546 e. The van der Waals surface area contributed by atoms with Crippen LogP contribution in [0.15, 0.2) is 237 Å². The molecule has 10 aromatic carbocycles. The van der Waals surface area contributed by atoms with Crippen LogP contribution >= 0.6 is 0 Å². The average molecular weight is 726 g/mol. The van der Waals surface area contributed by atoms with Crippen LogP contribution in [0.2, 0.25) is 0 Å². The van der Waals surface area contributed by atoms with E-state index in [1.165, 1.54) is 66.1 Å². The minimum Gasteiger partial charge on any atom is -0.310 e. The molecule has 0 bridgehead atoms. The third-order valence-electron chi connectivity index (χ3n) is 11.1. The van der Waals surface area contributed by atoms with Crippen LogP contribution in [0.1, 0.15) is 0 Å². The van der Waals surface area contributed by atoms with Gasteiger partial charge in [-0.05, 0) is 102 Å². The Hall–Kier alpha value is -7.48. The van der Waals surface area contributed by atoms with Gasteiger partial charge in [-0.2, -0.15) is 0 Å². The number of benzene rings is 10. The van der Waals surface area contributed by atoms with Crippen LogP contribution in [-0.2, 0) is 0 Å². The van der Waals surface area contributed by atoms with Crippen LogP contribution in [0.4, 0.5) is 17.1 Å². The Kier molecular flexibility index (Phi) is 8.95. The van der Waals surface area contributed by atoms with E-state index in [0.717, 1.165) is 28.2 Å². The molecule has 0 saturated heterocycles. The van der Waals surface area contributed by atoms with Crippen LogP contribution in [0.3, 0.4) is 0 Å². The summed E-state index contributed by atoms with van der Waals surface area (Å²) in [5.41, 5.74) is 15.3. The summed E-state index contributed by atoms with van der Waals surface area (Å²) >= 11 is 0. The van der Waals surface area contributed by atoms with Gasteiger partial charge in [0.25, 0.3) is 0 Å². The van der Waals surface area contributed by atoms with Gasteiger partial charge in [0.15, 0.2) is 0 Å². The van der Waals surface area contributed by atoms with Crippen LogP contribution in [-0.4, -0.2) is 0 Å². The highest BCUT2D eigenvalue weighted by molar-refractivity contribution is 6.11. The first kappa shape index (κ1) is 34.0. The van der Waals surface area contributed by atoms with Crippen molar-refractivity contribution in [1.82, 2.24) is 0 Å². The van der Waals surface area contributed by atoms with Gasteiger partial charge in [-0.25, -0.2) is 0 Å². The second kappa shape index (κ2) is 15.0. The topological polar surface area (TPSA) is 3.24 Å². The first-order chi connectivity index (χ1) is 28.3. The van der Waals surface area contributed by atoms with E-state index in [1.807, 2.05) is 0 Å². The van der Waals surface area contributed by atoms with Crippen molar-refractivity contribution in [2.24, 2.45) is 0 Å². The van der Waals surface area contributed by atoms with Crippen molar-refractivity contribution in [3.05, 3.63) is 237 Å². The number of hydrogen-bond acceptors (Lipinski definition) is 1. The highest BCUT2D eigenvalue weighted by Crippen LogP contribution is 2.47. The lowest BCUT2D eigenvalue weighted by Gasteiger charge is -2.30. The van der Waals surface area contributed by atoms with Crippen LogP contribution < -0.4 is 4.90 Å². The van der Waals surface area contributed by atoms with Gasteiger partial charge < -0.3 is 4.90 Å². The Morgan fingerprint density at radius 2 is 0.632 bits per heavy atom. The van der Waals surface area contributed by atoms with Gasteiger partial charge in [0.05, 0.1) is 5.69 Å². The van der Waals surface area contributed by atoms with Gasteiger partial charge in [0, 0.05) is 16.9 Å². The molecule has 0 spiro atoms. The molecular weight excluding hydrogens is 687 g/mol. The van der Waals surface area contributed by atoms with E-state index in [0.29, 0.717) is 0 Å². The molecule has 0 aliphatic carbocycles. The van der Waals surface area contributed by atoms with Crippen molar-refractivity contribution in [2.75, 3.05) is 4.90 Å². The summed E-state index contributed by atoms with van der Waals surface area (Å²) in [6, 6.07) is 85.7. The fourth-order valence-electron chi connectivity index (χ4n) is 8.22. The largest absolute Gasteiger partial charge is 0.310 e. The molecule has 1 nitrogen and oxygen atoms in total. The summed E-state index contributed by atoms with van der Waals surface area (Å²) in [6.45, 7) is 0.